The van der Waals surface area contributed by atoms with Crippen LogP contribution in [0.1, 0.15) is 69.9 Å². The Morgan fingerprint density at radius 2 is 1.90 bits per heavy atom. The van der Waals surface area contributed by atoms with Crippen LogP contribution in [-0.4, -0.2) is 52.6 Å². The summed E-state index contributed by atoms with van der Waals surface area (Å²) in [6.07, 6.45) is 23.3. The molecule has 1 aromatic carbocycles. The van der Waals surface area contributed by atoms with E-state index in [2.05, 4.69) is 90.4 Å². The summed E-state index contributed by atoms with van der Waals surface area (Å²) in [6.45, 7) is 9.00. The maximum absolute atomic E-state index is 13.6. The van der Waals surface area contributed by atoms with E-state index in [0.29, 0.717) is 18.3 Å². The molecule has 4 atom stereocenters. The Bertz CT molecular complexity index is 1110. The first kappa shape index (κ1) is 28.1. The Kier molecular flexibility index (Phi) is 9.25. The van der Waals surface area contributed by atoms with Gasteiger partial charge in [0.15, 0.2) is 0 Å². The molecule has 1 amide bonds. The number of fused-ring (bicyclic) bond motifs is 1. The van der Waals surface area contributed by atoms with Gasteiger partial charge in [0.1, 0.15) is 0 Å². The van der Waals surface area contributed by atoms with Crippen LogP contribution in [0.4, 0.5) is 0 Å². The van der Waals surface area contributed by atoms with Gasteiger partial charge in [0.05, 0.1) is 5.60 Å². The van der Waals surface area contributed by atoms with Crippen LogP contribution in [0.25, 0.3) is 0 Å². The van der Waals surface area contributed by atoms with Gasteiger partial charge in [-0.3, -0.25) is 4.79 Å². The second-order valence-corrected chi connectivity index (χ2v) is 12.5. The number of allylic oxidation sites excluding steroid dienone is 7. The molecule has 4 aliphatic rings. The van der Waals surface area contributed by atoms with E-state index >= 15 is 0 Å². The molecule has 1 aromatic rings. The molecule has 4 nitrogen and oxygen atoms in total. The van der Waals surface area contributed by atoms with Crippen molar-refractivity contribution in [3.8, 4) is 0 Å². The third-order valence-electron chi connectivity index (χ3n) is 9.85. The smallest absolute Gasteiger partial charge is 0.223 e. The van der Waals surface area contributed by atoms with E-state index in [1.165, 1.54) is 29.5 Å². The zero-order valence-electron chi connectivity index (χ0n) is 24.1. The van der Waals surface area contributed by atoms with Crippen LogP contribution in [0, 0.1) is 23.7 Å². The molecule has 5 rings (SSSR count). The van der Waals surface area contributed by atoms with Crippen LogP contribution >= 0.6 is 0 Å². The molecular formula is C35H48N2O2. The van der Waals surface area contributed by atoms with Crippen LogP contribution in [0.15, 0.2) is 72.4 Å². The molecule has 2 aliphatic heterocycles. The lowest BCUT2D eigenvalue weighted by atomic mass is 9.76. The van der Waals surface area contributed by atoms with Crippen molar-refractivity contribution in [2.75, 3.05) is 26.2 Å². The predicted molar refractivity (Wildman–Crippen MR) is 160 cm³/mol. The van der Waals surface area contributed by atoms with Gasteiger partial charge in [-0.2, -0.15) is 0 Å². The lowest BCUT2D eigenvalue weighted by Gasteiger charge is -2.42. The van der Waals surface area contributed by atoms with Crippen molar-refractivity contribution in [2.24, 2.45) is 23.7 Å². The minimum Gasteiger partial charge on any atom is -0.389 e. The molecule has 4 heteroatoms. The number of carbonyl (C=O) groups excluding carboxylic acids is 1. The molecule has 1 fully saturated rings. The lowest BCUT2D eigenvalue weighted by molar-refractivity contribution is -0.132. The normalized spacial score (nSPS) is 27.2. The second kappa shape index (κ2) is 12.8. The summed E-state index contributed by atoms with van der Waals surface area (Å²) in [5.41, 5.74) is 3.45. The second-order valence-electron chi connectivity index (χ2n) is 12.5. The number of aliphatic hydroxyl groups is 1. The highest BCUT2D eigenvalue weighted by Gasteiger charge is 2.38. The average molecular weight is 529 g/mol. The standard InChI is InChI=1S/C35H48N2O2/c1-3-9-28-14-15-30(24-27(28)2)31(25-34(38)37-21-17-29-10-7-8-11-32(29)26-37)16-20-36-22-18-35(39,19-23-36)33-12-5-4-6-13-33/h4-8,10-12,14-15,24,27-28,31,33,39H,3,9,13,16-23,25-26H2,1-2H3/t27-,28?,31?,33?/m1/s1. The summed E-state index contributed by atoms with van der Waals surface area (Å²) < 4.78 is 0. The molecule has 0 bridgehead atoms. The third-order valence-corrected chi connectivity index (χ3v) is 9.85. The van der Waals surface area contributed by atoms with E-state index in [9.17, 15) is 9.90 Å². The largest absolute Gasteiger partial charge is 0.389 e. The Morgan fingerprint density at radius 3 is 2.62 bits per heavy atom. The van der Waals surface area contributed by atoms with Gasteiger partial charge in [0.2, 0.25) is 5.91 Å². The Labute approximate surface area is 236 Å². The van der Waals surface area contributed by atoms with Gasteiger partial charge in [0, 0.05) is 38.5 Å². The van der Waals surface area contributed by atoms with Gasteiger partial charge >= 0.3 is 0 Å². The van der Waals surface area contributed by atoms with E-state index in [1.54, 1.807) is 0 Å². The van der Waals surface area contributed by atoms with Crippen LogP contribution in [-0.2, 0) is 17.8 Å². The van der Waals surface area contributed by atoms with Crippen LogP contribution in [0.5, 0.6) is 0 Å². The van der Waals surface area contributed by atoms with E-state index in [-0.39, 0.29) is 17.7 Å². The number of likely N-dealkylation sites (tertiary alicyclic amines) is 1. The zero-order valence-corrected chi connectivity index (χ0v) is 24.1. The summed E-state index contributed by atoms with van der Waals surface area (Å²) >= 11 is 0. The number of hydrogen-bond acceptors (Lipinski definition) is 3. The summed E-state index contributed by atoms with van der Waals surface area (Å²) in [4.78, 5) is 18.2. The average Bonchev–Trinajstić information content (AvgIpc) is 2.97. The minimum absolute atomic E-state index is 0.236. The highest BCUT2D eigenvalue weighted by atomic mass is 16.3. The van der Waals surface area contributed by atoms with Gasteiger partial charge < -0.3 is 14.9 Å². The lowest BCUT2D eigenvalue weighted by Crippen LogP contribution is -2.48. The van der Waals surface area contributed by atoms with Crippen molar-refractivity contribution in [1.82, 2.24) is 9.80 Å². The highest BCUT2D eigenvalue weighted by molar-refractivity contribution is 5.77. The van der Waals surface area contributed by atoms with Crippen molar-refractivity contribution in [2.45, 2.75) is 77.4 Å². The first-order valence-electron chi connectivity index (χ1n) is 15.5. The number of amides is 1. The fourth-order valence-electron chi connectivity index (χ4n) is 7.14. The van der Waals surface area contributed by atoms with Crippen LogP contribution < -0.4 is 0 Å². The molecule has 3 unspecified atom stereocenters. The maximum atomic E-state index is 13.6. The van der Waals surface area contributed by atoms with Gasteiger partial charge in [-0.15, -0.1) is 0 Å². The molecule has 0 saturated carbocycles. The Morgan fingerprint density at radius 1 is 1.10 bits per heavy atom. The number of nitrogens with zero attached hydrogens (tertiary/aromatic N) is 2. The quantitative estimate of drug-likeness (QED) is 0.399. The van der Waals surface area contributed by atoms with Crippen molar-refractivity contribution >= 4 is 5.91 Å². The number of benzene rings is 1. The topological polar surface area (TPSA) is 43.8 Å². The first-order valence-corrected chi connectivity index (χ1v) is 15.5. The third kappa shape index (κ3) is 6.84. The van der Waals surface area contributed by atoms with Gasteiger partial charge in [-0.05, 0) is 79.5 Å². The molecule has 210 valence electrons. The molecule has 0 radical (unpaired) electrons. The number of piperidine rings is 1. The van der Waals surface area contributed by atoms with Crippen molar-refractivity contribution < 1.29 is 9.90 Å². The van der Waals surface area contributed by atoms with E-state index < -0.39 is 5.60 Å². The molecule has 1 N–H and O–H groups in total. The fraction of sp³-hybridized carbons (Fsp3) is 0.571. The number of carbonyl (C=O) groups is 1. The zero-order chi connectivity index (χ0) is 27.2. The van der Waals surface area contributed by atoms with Crippen LogP contribution in [0.3, 0.4) is 0 Å². The first-order chi connectivity index (χ1) is 18.9. The van der Waals surface area contributed by atoms with E-state index in [4.69, 9.17) is 0 Å². The summed E-state index contributed by atoms with van der Waals surface area (Å²) in [6, 6.07) is 8.56. The monoisotopic (exact) mass is 528 g/mol. The van der Waals surface area contributed by atoms with Crippen molar-refractivity contribution in [1.29, 1.82) is 0 Å². The highest BCUT2D eigenvalue weighted by Crippen LogP contribution is 2.36. The Hall–Kier alpha value is -2.43. The Balaban J connectivity index is 1.22. The fourth-order valence-corrected chi connectivity index (χ4v) is 7.14. The number of hydrogen-bond donors (Lipinski definition) is 1. The van der Waals surface area contributed by atoms with Gasteiger partial charge in [-0.1, -0.05) is 87.1 Å². The molecule has 2 aliphatic carbocycles. The number of rotatable bonds is 9. The summed E-state index contributed by atoms with van der Waals surface area (Å²) in [5.74, 6) is 1.89. The van der Waals surface area contributed by atoms with Crippen molar-refractivity contribution in [3.63, 3.8) is 0 Å². The molecular weight excluding hydrogens is 480 g/mol. The SMILES string of the molecule is CCCC1C=CC(C(CCN2CCC(O)(C3C=CC=CC3)CC2)CC(=O)N2CCc3ccccc3C2)=C[C@H]1C. The van der Waals surface area contributed by atoms with E-state index in [1.807, 2.05) is 0 Å². The molecule has 0 aromatic heterocycles. The summed E-state index contributed by atoms with van der Waals surface area (Å²) in [5, 5.41) is 11.3. The van der Waals surface area contributed by atoms with Gasteiger partial charge in [-0.25, -0.2) is 0 Å². The predicted octanol–water partition coefficient (Wildman–Crippen LogP) is 6.48. The molecule has 0 spiro atoms. The summed E-state index contributed by atoms with van der Waals surface area (Å²) in [7, 11) is 0. The van der Waals surface area contributed by atoms with Crippen LogP contribution in [0.2, 0.25) is 0 Å². The van der Waals surface area contributed by atoms with Gasteiger partial charge in [0.25, 0.3) is 0 Å². The minimum atomic E-state index is -0.587. The molecule has 39 heavy (non-hydrogen) atoms. The molecule has 1 saturated heterocycles. The molecule has 2 heterocycles. The van der Waals surface area contributed by atoms with E-state index in [0.717, 1.165) is 64.8 Å². The maximum Gasteiger partial charge on any atom is 0.223 e. The van der Waals surface area contributed by atoms with Crippen molar-refractivity contribution in [3.05, 3.63) is 83.5 Å².